The smallest absolute Gasteiger partial charge is 0.226 e. The highest BCUT2D eigenvalue weighted by Gasteiger charge is 2.29. The summed E-state index contributed by atoms with van der Waals surface area (Å²) in [6.07, 6.45) is 0.758. The van der Waals surface area contributed by atoms with Crippen molar-refractivity contribution in [3.8, 4) is 0 Å². The molecule has 0 saturated carbocycles. The van der Waals surface area contributed by atoms with Gasteiger partial charge in [-0.05, 0) is 26.5 Å². The van der Waals surface area contributed by atoms with Crippen LogP contribution < -0.4 is 5.32 Å². The number of nitrogens with one attached hydrogen (secondary N) is 1. The van der Waals surface area contributed by atoms with E-state index in [2.05, 4.69) is 41.5 Å². The van der Waals surface area contributed by atoms with Crippen LogP contribution in [0.4, 0.5) is 0 Å². The summed E-state index contributed by atoms with van der Waals surface area (Å²) in [4.78, 5) is 0. The summed E-state index contributed by atoms with van der Waals surface area (Å²) in [5.74, 6) is 1.35. The first-order valence-corrected chi connectivity index (χ1v) is 6.17. The molecule has 4 nitrogen and oxygen atoms in total. The molecule has 0 bridgehead atoms. The maximum absolute atomic E-state index is 5.74. The molecule has 2 aromatic rings. The second kappa shape index (κ2) is 5.31. The van der Waals surface area contributed by atoms with Crippen molar-refractivity contribution < 1.29 is 4.42 Å². The molecule has 1 N–H and O–H groups in total. The second-order valence-electron chi connectivity index (χ2n) is 4.85. The van der Waals surface area contributed by atoms with Gasteiger partial charge in [-0.3, -0.25) is 0 Å². The van der Waals surface area contributed by atoms with E-state index in [-0.39, 0.29) is 5.41 Å². The van der Waals surface area contributed by atoms with Crippen LogP contribution in [0.1, 0.15) is 31.2 Å². The van der Waals surface area contributed by atoms with Crippen molar-refractivity contribution >= 4 is 0 Å². The molecule has 0 spiro atoms. The Morgan fingerprint density at radius 3 is 2.56 bits per heavy atom. The maximum Gasteiger partial charge on any atom is 0.226 e. The van der Waals surface area contributed by atoms with Gasteiger partial charge in [0.05, 0.1) is 5.41 Å². The molecule has 1 aromatic heterocycles. The first-order chi connectivity index (χ1) is 8.64. The zero-order valence-electron chi connectivity index (χ0n) is 11.1. The summed E-state index contributed by atoms with van der Waals surface area (Å²) in [7, 11) is 1.91. The van der Waals surface area contributed by atoms with E-state index >= 15 is 0 Å². The van der Waals surface area contributed by atoms with Gasteiger partial charge >= 0.3 is 0 Å². The third kappa shape index (κ3) is 2.59. The van der Waals surface area contributed by atoms with Crippen molar-refractivity contribution in [1.29, 1.82) is 0 Å². The van der Waals surface area contributed by atoms with E-state index in [9.17, 15) is 0 Å². The third-order valence-electron chi connectivity index (χ3n) is 3.09. The summed E-state index contributed by atoms with van der Waals surface area (Å²) in [6, 6.07) is 10.2. The molecule has 0 unspecified atom stereocenters. The molecule has 96 valence electrons. The van der Waals surface area contributed by atoms with E-state index in [0.717, 1.165) is 13.0 Å². The Hall–Kier alpha value is -1.68. The van der Waals surface area contributed by atoms with Crippen molar-refractivity contribution in [1.82, 2.24) is 15.5 Å². The molecule has 0 atom stereocenters. The number of benzene rings is 1. The van der Waals surface area contributed by atoms with Gasteiger partial charge in [-0.1, -0.05) is 30.3 Å². The lowest BCUT2D eigenvalue weighted by Crippen LogP contribution is -2.19. The zero-order valence-corrected chi connectivity index (χ0v) is 11.1. The molecule has 18 heavy (non-hydrogen) atoms. The third-order valence-corrected chi connectivity index (χ3v) is 3.09. The Morgan fingerprint density at radius 2 is 1.89 bits per heavy atom. The Labute approximate surface area is 107 Å². The summed E-state index contributed by atoms with van der Waals surface area (Å²) in [6.45, 7) is 5.03. The lowest BCUT2D eigenvalue weighted by Gasteiger charge is -2.20. The van der Waals surface area contributed by atoms with E-state index in [1.54, 1.807) is 0 Å². The molecular weight excluding hydrogens is 226 g/mol. The van der Waals surface area contributed by atoms with Crippen LogP contribution in [0.25, 0.3) is 0 Å². The highest BCUT2D eigenvalue weighted by Crippen LogP contribution is 2.30. The quantitative estimate of drug-likeness (QED) is 0.877. The maximum atomic E-state index is 5.74. The van der Waals surface area contributed by atoms with Crippen LogP contribution in [0.3, 0.4) is 0 Å². The standard InChI is InChI=1S/C14H19N3O/c1-14(2,11-7-5-4-6-8-11)13-17-16-12(18-13)9-10-15-3/h4-8,15H,9-10H2,1-3H3. The van der Waals surface area contributed by atoms with E-state index in [1.165, 1.54) is 5.56 Å². The lowest BCUT2D eigenvalue weighted by atomic mass is 9.85. The molecule has 0 saturated heterocycles. The summed E-state index contributed by atoms with van der Waals surface area (Å²) >= 11 is 0. The van der Waals surface area contributed by atoms with Crippen molar-refractivity contribution in [2.75, 3.05) is 13.6 Å². The molecule has 0 radical (unpaired) electrons. The normalized spacial score (nSPS) is 11.7. The van der Waals surface area contributed by atoms with Gasteiger partial charge in [-0.25, -0.2) is 0 Å². The van der Waals surface area contributed by atoms with Crippen molar-refractivity contribution in [3.05, 3.63) is 47.7 Å². The fourth-order valence-electron chi connectivity index (χ4n) is 1.82. The van der Waals surface area contributed by atoms with Crippen molar-refractivity contribution in [3.63, 3.8) is 0 Å². The molecule has 2 rings (SSSR count). The van der Waals surface area contributed by atoms with Crippen molar-refractivity contribution in [2.45, 2.75) is 25.7 Å². The molecule has 0 aliphatic carbocycles. The van der Waals surface area contributed by atoms with E-state index in [0.29, 0.717) is 11.8 Å². The van der Waals surface area contributed by atoms with Gasteiger partial charge in [0.15, 0.2) is 0 Å². The van der Waals surface area contributed by atoms with Gasteiger partial charge in [0.25, 0.3) is 0 Å². The Kier molecular flexibility index (Phi) is 3.77. The highest BCUT2D eigenvalue weighted by atomic mass is 16.4. The minimum Gasteiger partial charge on any atom is -0.424 e. The average Bonchev–Trinajstić information content (AvgIpc) is 2.87. The molecule has 0 aliphatic heterocycles. The Balaban J connectivity index is 2.22. The fraction of sp³-hybridized carbons (Fsp3) is 0.429. The summed E-state index contributed by atoms with van der Waals surface area (Å²) in [5, 5.41) is 11.3. The van der Waals surface area contributed by atoms with Crippen LogP contribution in [0, 0.1) is 0 Å². The molecule has 0 amide bonds. The van der Waals surface area contributed by atoms with Crippen LogP contribution in [0.2, 0.25) is 0 Å². The molecule has 4 heteroatoms. The summed E-state index contributed by atoms with van der Waals surface area (Å²) in [5.41, 5.74) is 0.917. The Morgan fingerprint density at radius 1 is 1.17 bits per heavy atom. The van der Waals surface area contributed by atoms with Crippen LogP contribution in [0.15, 0.2) is 34.7 Å². The molecular formula is C14H19N3O. The summed E-state index contributed by atoms with van der Waals surface area (Å²) < 4.78 is 5.74. The number of rotatable bonds is 5. The first kappa shape index (κ1) is 12.8. The van der Waals surface area contributed by atoms with Gasteiger partial charge in [-0.2, -0.15) is 0 Å². The van der Waals surface area contributed by atoms with Crippen LogP contribution in [-0.4, -0.2) is 23.8 Å². The second-order valence-corrected chi connectivity index (χ2v) is 4.85. The van der Waals surface area contributed by atoms with Gasteiger partial charge < -0.3 is 9.73 Å². The monoisotopic (exact) mass is 245 g/mol. The predicted molar refractivity (Wildman–Crippen MR) is 70.5 cm³/mol. The minimum atomic E-state index is -0.258. The van der Waals surface area contributed by atoms with Crippen LogP contribution in [0.5, 0.6) is 0 Å². The van der Waals surface area contributed by atoms with Gasteiger partial charge in [0, 0.05) is 13.0 Å². The SMILES string of the molecule is CNCCc1nnc(C(C)(C)c2ccccc2)o1. The molecule has 0 aliphatic rings. The minimum absolute atomic E-state index is 0.258. The van der Waals surface area contributed by atoms with E-state index in [4.69, 9.17) is 4.42 Å². The lowest BCUT2D eigenvalue weighted by molar-refractivity contribution is 0.386. The van der Waals surface area contributed by atoms with Crippen LogP contribution >= 0.6 is 0 Å². The van der Waals surface area contributed by atoms with E-state index in [1.807, 2.05) is 25.2 Å². The molecule has 1 aromatic carbocycles. The molecule has 1 heterocycles. The van der Waals surface area contributed by atoms with Crippen molar-refractivity contribution in [2.24, 2.45) is 0 Å². The Bertz CT molecular complexity index is 491. The zero-order chi connectivity index (χ0) is 13.0. The van der Waals surface area contributed by atoms with Gasteiger partial charge in [-0.15, -0.1) is 10.2 Å². The average molecular weight is 245 g/mol. The number of nitrogens with zero attached hydrogens (tertiary/aromatic N) is 2. The largest absolute Gasteiger partial charge is 0.424 e. The fourth-order valence-corrected chi connectivity index (χ4v) is 1.82. The highest BCUT2D eigenvalue weighted by molar-refractivity contribution is 5.29. The predicted octanol–water partition coefficient (Wildman–Crippen LogP) is 2.16. The number of aromatic nitrogens is 2. The topological polar surface area (TPSA) is 51.0 Å². The first-order valence-electron chi connectivity index (χ1n) is 6.17. The molecule has 0 fully saturated rings. The number of hydrogen-bond donors (Lipinski definition) is 1. The van der Waals surface area contributed by atoms with E-state index < -0.39 is 0 Å². The van der Waals surface area contributed by atoms with Crippen LogP contribution in [-0.2, 0) is 11.8 Å². The number of likely N-dealkylation sites (N-methyl/N-ethyl adjacent to an activating group) is 1. The van der Waals surface area contributed by atoms with Gasteiger partial charge in [0.1, 0.15) is 0 Å². The number of hydrogen-bond acceptors (Lipinski definition) is 4. The van der Waals surface area contributed by atoms with Gasteiger partial charge in [0.2, 0.25) is 11.8 Å².